The van der Waals surface area contributed by atoms with Gasteiger partial charge in [-0.15, -0.1) is 11.3 Å². The van der Waals surface area contributed by atoms with E-state index < -0.39 is 0 Å². The van der Waals surface area contributed by atoms with Gasteiger partial charge in [-0.25, -0.2) is 4.98 Å². The van der Waals surface area contributed by atoms with Crippen molar-refractivity contribution >= 4 is 28.9 Å². The molecule has 0 unspecified atom stereocenters. The lowest BCUT2D eigenvalue weighted by Crippen LogP contribution is -2.05. The molecule has 2 N–H and O–H groups in total. The van der Waals surface area contributed by atoms with Gasteiger partial charge in [0.15, 0.2) is 17.3 Å². The summed E-state index contributed by atoms with van der Waals surface area (Å²) >= 11 is 2.84. The maximum absolute atomic E-state index is 12.5. The zero-order chi connectivity index (χ0) is 19.7. The molecule has 140 valence electrons. The van der Waals surface area contributed by atoms with Crippen LogP contribution < -0.4 is 0 Å². The third-order valence-corrected chi connectivity index (χ3v) is 6.57. The van der Waals surface area contributed by atoms with Crippen molar-refractivity contribution in [2.45, 2.75) is 24.3 Å². The molecule has 0 saturated carbocycles. The maximum Gasteiger partial charge on any atom is 0.173 e. The Bertz CT molecular complexity index is 1100. The smallest absolute Gasteiger partial charge is 0.173 e. The van der Waals surface area contributed by atoms with E-state index in [1.165, 1.54) is 30.0 Å². The number of phenolic OH excluding ortho intramolecular Hbond substituents is 2. The minimum absolute atomic E-state index is 0.0918. The summed E-state index contributed by atoms with van der Waals surface area (Å²) in [7, 11) is 0. The van der Waals surface area contributed by atoms with Crippen LogP contribution in [0.1, 0.15) is 33.6 Å². The van der Waals surface area contributed by atoms with E-state index in [0.29, 0.717) is 16.2 Å². The van der Waals surface area contributed by atoms with E-state index in [1.807, 2.05) is 17.5 Å². The van der Waals surface area contributed by atoms with Gasteiger partial charge in [-0.05, 0) is 54.5 Å². The Morgan fingerprint density at radius 2 is 2.11 bits per heavy atom. The van der Waals surface area contributed by atoms with E-state index in [-0.39, 0.29) is 23.0 Å². The number of aromatic hydroxyl groups is 2. The van der Waals surface area contributed by atoms with Crippen LogP contribution in [0.3, 0.4) is 0 Å². The molecule has 0 bridgehead atoms. The van der Waals surface area contributed by atoms with Crippen LogP contribution in [0.2, 0.25) is 0 Å². The average Bonchev–Trinajstić information content (AvgIpc) is 3.38. The molecule has 0 aliphatic heterocycles. The molecule has 0 spiro atoms. The molecule has 1 aromatic carbocycles. The number of Topliss-reactive ketones (excluding diaryl/α,β-unsaturated/α-hetero) is 1. The number of thiophene rings is 1. The Labute approximate surface area is 170 Å². The standard InChI is InChI=1S/C21H16N2O3S2/c22-10-14-20(19-5-2-8-27-19)13-3-1-4-15(13)23-21(14)28-11-18(26)12-6-7-16(24)17(25)9-12/h2,5-9,24-25H,1,3-4,11H2. The molecule has 7 heteroatoms. The Kier molecular flexibility index (Phi) is 5.07. The van der Waals surface area contributed by atoms with Gasteiger partial charge in [-0.3, -0.25) is 4.79 Å². The molecule has 1 aliphatic rings. The van der Waals surface area contributed by atoms with E-state index in [0.717, 1.165) is 41.0 Å². The number of benzene rings is 1. The van der Waals surface area contributed by atoms with Crippen molar-refractivity contribution in [2.24, 2.45) is 0 Å². The summed E-state index contributed by atoms with van der Waals surface area (Å²) in [5.74, 6) is -0.709. The van der Waals surface area contributed by atoms with Crippen molar-refractivity contribution < 1.29 is 15.0 Å². The number of carbonyl (C=O) groups excluding carboxylic acids is 1. The normalized spacial score (nSPS) is 12.5. The molecule has 0 amide bonds. The number of carbonyl (C=O) groups is 1. The highest BCUT2D eigenvalue weighted by Gasteiger charge is 2.25. The van der Waals surface area contributed by atoms with E-state index >= 15 is 0 Å². The van der Waals surface area contributed by atoms with E-state index in [1.54, 1.807) is 11.3 Å². The number of rotatable bonds is 5. The minimum atomic E-state index is -0.329. The predicted molar refractivity (Wildman–Crippen MR) is 109 cm³/mol. The number of phenols is 2. The molecular weight excluding hydrogens is 392 g/mol. The molecule has 28 heavy (non-hydrogen) atoms. The molecule has 0 fully saturated rings. The van der Waals surface area contributed by atoms with Crippen LogP contribution in [0.25, 0.3) is 10.4 Å². The van der Waals surface area contributed by atoms with Crippen LogP contribution in [0.4, 0.5) is 0 Å². The van der Waals surface area contributed by atoms with Crippen molar-refractivity contribution in [2.75, 3.05) is 5.75 Å². The van der Waals surface area contributed by atoms with E-state index in [4.69, 9.17) is 4.98 Å². The largest absolute Gasteiger partial charge is 0.504 e. The number of nitriles is 1. The van der Waals surface area contributed by atoms with Gasteiger partial charge in [0.2, 0.25) is 0 Å². The molecule has 0 saturated heterocycles. The van der Waals surface area contributed by atoms with E-state index in [9.17, 15) is 20.3 Å². The van der Waals surface area contributed by atoms with Crippen molar-refractivity contribution in [3.05, 3.63) is 58.1 Å². The lowest BCUT2D eigenvalue weighted by atomic mass is 10.0. The van der Waals surface area contributed by atoms with Crippen LogP contribution in [-0.4, -0.2) is 26.7 Å². The Hall–Kier alpha value is -2.82. The van der Waals surface area contributed by atoms with Gasteiger partial charge < -0.3 is 10.2 Å². The van der Waals surface area contributed by atoms with Crippen molar-refractivity contribution in [1.82, 2.24) is 4.98 Å². The van der Waals surface area contributed by atoms with Crippen LogP contribution in [0.5, 0.6) is 11.5 Å². The number of fused-ring (bicyclic) bond motifs is 1. The summed E-state index contributed by atoms with van der Waals surface area (Å²) in [5, 5.41) is 31.4. The molecule has 0 radical (unpaired) electrons. The zero-order valence-electron chi connectivity index (χ0n) is 14.8. The summed E-state index contributed by atoms with van der Waals surface area (Å²) in [6.45, 7) is 0. The molecular formula is C21H16N2O3S2. The highest BCUT2D eigenvalue weighted by atomic mass is 32.2. The maximum atomic E-state index is 12.5. The summed E-state index contributed by atoms with van der Waals surface area (Å²) in [5.41, 5.74) is 3.95. The first-order valence-corrected chi connectivity index (χ1v) is 10.6. The summed E-state index contributed by atoms with van der Waals surface area (Å²) in [6, 6.07) is 10.3. The van der Waals surface area contributed by atoms with Gasteiger partial charge in [-0.2, -0.15) is 5.26 Å². The summed E-state index contributed by atoms with van der Waals surface area (Å²) in [4.78, 5) is 18.3. The third-order valence-electron chi connectivity index (χ3n) is 4.71. The zero-order valence-corrected chi connectivity index (χ0v) is 16.4. The molecule has 1 aliphatic carbocycles. The number of aryl methyl sites for hydroxylation is 1. The molecule has 5 nitrogen and oxygen atoms in total. The molecule has 3 aromatic rings. The SMILES string of the molecule is N#Cc1c(SCC(=O)c2ccc(O)c(O)c2)nc2c(c1-c1cccs1)CCC2. The fraction of sp³-hybridized carbons (Fsp3) is 0.190. The number of hydrogen-bond donors (Lipinski definition) is 2. The first kappa shape index (κ1) is 18.5. The highest BCUT2D eigenvalue weighted by Crippen LogP contribution is 2.40. The van der Waals surface area contributed by atoms with Crippen molar-refractivity contribution in [3.8, 4) is 28.0 Å². The van der Waals surface area contributed by atoms with Gasteiger partial charge in [0.1, 0.15) is 11.1 Å². The second-order valence-corrected chi connectivity index (χ2v) is 8.36. The molecule has 4 rings (SSSR count). The number of nitrogens with zero attached hydrogens (tertiary/aromatic N) is 2. The Balaban J connectivity index is 1.67. The fourth-order valence-electron chi connectivity index (χ4n) is 3.37. The van der Waals surface area contributed by atoms with Crippen LogP contribution in [0, 0.1) is 11.3 Å². The lowest BCUT2D eigenvalue weighted by molar-refractivity contribution is 0.102. The van der Waals surface area contributed by atoms with Gasteiger partial charge in [-0.1, -0.05) is 17.8 Å². The minimum Gasteiger partial charge on any atom is -0.504 e. The van der Waals surface area contributed by atoms with E-state index in [2.05, 4.69) is 6.07 Å². The Morgan fingerprint density at radius 1 is 1.25 bits per heavy atom. The third kappa shape index (κ3) is 3.37. The number of hydrogen-bond acceptors (Lipinski definition) is 7. The van der Waals surface area contributed by atoms with Crippen molar-refractivity contribution in [3.63, 3.8) is 0 Å². The monoisotopic (exact) mass is 408 g/mol. The van der Waals surface area contributed by atoms with Gasteiger partial charge in [0.05, 0.1) is 11.3 Å². The van der Waals surface area contributed by atoms with Gasteiger partial charge in [0, 0.05) is 21.7 Å². The second kappa shape index (κ2) is 7.66. The van der Waals surface area contributed by atoms with Crippen molar-refractivity contribution in [1.29, 1.82) is 5.26 Å². The number of thioether (sulfide) groups is 1. The second-order valence-electron chi connectivity index (χ2n) is 6.45. The first-order valence-electron chi connectivity index (χ1n) is 8.76. The number of aromatic nitrogens is 1. The first-order chi connectivity index (χ1) is 13.6. The number of pyridine rings is 1. The highest BCUT2D eigenvalue weighted by molar-refractivity contribution is 8.00. The van der Waals surface area contributed by atoms with Gasteiger partial charge in [0.25, 0.3) is 0 Å². The predicted octanol–water partition coefficient (Wildman–Crippen LogP) is 4.56. The lowest BCUT2D eigenvalue weighted by Gasteiger charge is -2.13. The van der Waals surface area contributed by atoms with Gasteiger partial charge >= 0.3 is 0 Å². The topological polar surface area (TPSA) is 94.2 Å². The van der Waals surface area contributed by atoms with Crippen LogP contribution >= 0.6 is 23.1 Å². The van der Waals surface area contributed by atoms with Crippen LogP contribution in [0.15, 0.2) is 40.7 Å². The summed E-state index contributed by atoms with van der Waals surface area (Å²) < 4.78 is 0. The fourth-order valence-corrected chi connectivity index (χ4v) is 5.08. The molecule has 2 aromatic heterocycles. The summed E-state index contributed by atoms with van der Waals surface area (Å²) in [6.07, 6.45) is 2.82. The average molecular weight is 409 g/mol. The van der Waals surface area contributed by atoms with Crippen LogP contribution in [-0.2, 0) is 12.8 Å². The molecule has 0 atom stereocenters. The molecule has 2 heterocycles. The Morgan fingerprint density at radius 3 is 2.82 bits per heavy atom. The number of ketones is 1. The quantitative estimate of drug-likeness (QED) is 0.365.